The molecule has 0 fully saturated rings. The van der Waals surface area contributed by atoms with Gasteiger partial charge in [-0.05, 0) is 13.8 Å². The summed E-state index contributed by atoms with van der Waals surface area (Å²) in [6.07, 6.45) is 2.28. The summed E-state index contributed by atoms with van der Waals surface area (Å²) in [5.74, 6) is -0.819. The van der Waals surface area contributed by atoms with Crippen LogP contribution in [-0.2, 0) is 19.1 Å². The van der Waals surface area contributed by atoms with Gasteiger partial charge in [0.05, 0.1) is 19.5 Å². The molecule has 0 saturated heterocycles. The van der Waals surface area contributed by atoms with Crippen molar-refractivity contribution in [3.63, 3.8) is 0 Å². The molecule has 0 aliphatic rings. The van der Waals surface area contributed by atoms with Crippen LogP contribution in [0, 0.1) is 0 Å². The largest absolute Gasteiger partial charge is 0.501 e. The minimum Gasteiger partial charge on any atom is -0.501 e. The maximum atomic E-state index is 10.9. The Balaban J connectivity index is 3.67. The van der Waals surface area contributed by atoms with Gasteiger partial charge in [0.2, 0.25) is 0 Å². The lowest BCUT2D eigenvalue weighted by Crippen LogP contribution is -2.09. The van der Waals surface area contributed by atoms with Crippen molar-refractivity contribution in [1.29, 1.82) is 0 Å². The van der Waals surface area contributed by atoms with Crippen LogP contribution < -0.4 is 0 Å². The summed E-state index contributed by atoms with van der Waals surface area (Å²) in [5.41, 5.74) is 0. The smallest absolute Gasteiger partial charge is 0.313 e. The Morgan fingerprint density at radius 1 is 1.23 bits per heavy atom. The third-order valence-corrected chi connectivity index (χ3v) is 1.14. The van der Waals surface area contributed by atoms with Gasteiger partial charge in [-0.2, -0.15) is 0 Å². The maximum absolute atomic E-state index is 10.9. The fourth-order valence-corrected chi connectivity index (χ4v) is 0.633. The van der Waals surface area contributed by atoms with E-state index in [0.717, 1.165) is 0 Å². The zero-order valence-electron chi connectivity index (χ0n) is 7.91. The monoisotopic (exact) mass is 186 g/mol. The molecule has 0 radical (unpaired) electrons. The second kappa shape index (κ2) is 7.34. The number of carbonyl (C=O) groups excluding carboxylic acids is 2. The van der Waals surface area contributed by atoms with Crippen molar-refractivity contribution >= 4 is 11.8 Å². The summed E-state index contributed by atoms with van der Waals surface area (Å²) in [5, 5.41) is 0. The number of ether oxygens (including phenoxy) is 2. The van der Waals surface area contributed by atoms with E-state index < -0.39 is 5.97 Å². The highest BCUT2D eigenvalue weighted by Gasteiger charge is 2.06. The van der Waals surface area contributed by atoms with Crippen LogP contribution in [-0.4, -0.2) is 25.0 Å². The number of hydrogen-bond acceptors (Lipinski definition) is 4. The van der Waals surface area contributed by atoms with Crippen molar-refractivity contribution in [2.75, 3.05) is 13.2 Å². The Bertz CT molecular complexity index is 196. The first-order valence-corrected chi connectivity index (χ1v) is 4.17. The number of rotatable bonds is 6. The number of allylic oxidation sites excluding steroid dienone is 1. The van der Waals surface area contributed by atoms with Crippen molar-refractivity contribution in [1.82, 2.24) is 0 Å². The molecule has 0 aromatic heterocycles. The van der Waals surface area contributed by atoms with Gasteiger partial charge in [-0.25, -0.2) is 0 Å². The Labute approximate surface area is 77.5 Å². The second-order valence-electron chi connectivity index (χ2n) is 2.21. The molecule has 4 nitrogen and oxygen atoms in total. The van der Waals surface area contributed by atoms with E-state index in [1.165, 1.54) is 12.3 Å². The Morgan fingerprint density at radius 3 is 2.46 bits per heavy atom. The van der Waals surface area contributed by atoms with Crippen LogP contribution in [0.15, 0.2) is 12.3 Å². The molecule has 0 amide bonds. The molecule has 0 saturated carbocycles. The van der Waals surface area contributed by atoms with E-state index in [1.54, 1.807) is 13.8 Å². The molecular formula is C9H14O4. The maximum Gasteiger partial charge on any atom is 0.313 e. The topological polar surface area (TPSA) is 52.6 Å². The fraction of sp³-hybridized carbons (Fsp3) is 0.556. The van der Waals surface area contributed by atoms with Crippen LogP contribution >= 0.6 is 0 Å². The molecule has 0 aromatic carbocycles. The SMILES string of the molecule is CCOC=CC(=O)CC(=O)OCC. The lowest BCUT2D eigenvalue weighted by atomic mass is 10.3. The van der Waals surface area contributed by atoms with Gasteiger partial charge in [0.1, 0.15) is 6.42 Å². The zero-order valence-corrected chi connectivity index (χ0v) is 7.91. The first-order chi connectivity index (χ1) is 6.20. The summed E-state index contributed by atoms with van der Waals surface area (Å²) in [4.78, 5) is 21.7. The highest BCUT2D eigenvalue weighted by Crippen LogP contribution is 1.90. The molecular weight excluding hydrogens is 172 g/mol. The second-order valence-corrected chi connectivity index (χ2v) is 2.21. The van der Waals surface area contributed by atoms with E-state index in [4.69, 9.17) is 4.74 Å². The summed E-state index contributed by atoms with van der Waals surface area (Å²) in [6.45, 7) is 4.29. The van der Waals surface area contributed by atoms with Gasteiger partial charge in [0.25, 0.3) is 0 Å². The average Bonchev–Trinajstić information content (AvgIpc) is 2.05. The Morgan fingerprint density at radius 2 is 1.92 bits per heavy atom. The zero-order chi connectivity index (χ0) is 10.1. The van der Waals surface area contributed by atoms with Crippen molar-refractivity contribution in [3.05, 3.63) is 12.3 Å². The summed E-state index contributed by atoms with van der Waals surface area (Å²) >= 11 is 0. The van der Waals surface area contributed by atoms with E-state index in [0.29, 0.717) is 13.2 Å². The molecule has 0 aliphatic carbocycles. The van der Waals surface area contributed by atoms with Crippen LogP contribution in [0.4, 0.5) is 0 Å². The Hall–Kier alpha value is -1.32. The lowest BCUT2D eigenvalue weighted by Gasteiger charge is -1.97. The van der Waals surface area contributed by atoms with Gasteiger partial charge in [-0.1, -0.05) is 0 Å². The number of carbonyl (C=O) groups is 2. The normalized spacial score (nSPS) is 10.0. The lowest BCUT2D eigenvalue weighted by molar-refractivity contribution is -0.144. The predicted molar refractivity (Wildman–Crippen MR) is 47.0 cm³/mol. The van der Waals surface area contributed by atoms with Gasteiger partial charge in [0, 0.05) is 6.08 Å². The molecule has 0 rings (SSSR count). The van der Waals surface area contributed by atoms with Gasteiger partial charge >= 0.3 is 5.97 Å². The van der Waals surface area contributed by atoms with Crippen molar-refractivity contribution in [3.8, 4) is 0 Å². The molecule has 0 spiro atoms. The molecule has 74 valence electrons. The molecule has 0 bridgehead atoms. The average molecular weight is 186 g/mol. The number of esters is 1. The fourth-order valence-electron chi connectivity index (χ4n) is 0.633. The molecule has 0 N–H and O–H groups in total. The van der Waals surface area contributed by atoms with Crippen LogP contribution in [0.3, 0.4) is 0 Å². The number of ketones is 1. The van der Waals surface area contributed by atoms with E-state index >= 15 is 0 Å². The molecule has 13 heavy (non-hydrogen) atoms. The third kappa shape index (κ3) is 7.05. The molecule has 4 heteroatoms. The molecule has 0 atom stereocenters. The van der Waals surface area contributed by atoms with Gasteiger partial charge in [0.15, 0.2) is 5.78 Å². The molecule has 0 heterocycles. The number of hydrogen-bond donors (Lipinski definition) is 0. The highest BCUT2D eigenvalue weighted by molar-refractivity contribution is 6.01. The summed E-state index contributed by atoms with van der Waals surface area (Å²) in [6, 6.07) is 0. The van der Waals surface area contributed by atoms with E-state index in [2.05, 4.69) is 4.74 Å². The van der Waals surface area contributed by atoms with Crippen LogP contribution in [0.2, 0.25) is 0 Å². The standard InChI is InChI=1S/C9H14O4/c1-3-12-6-5-8(10)7-9(11)13-4-2/h5-6H,3-4,7H2,1-2H3. The van der Waals surface area contributed by atoms with Gasteiger partial charge < -0.3 is 9.47 Å². The van der Waals surface area contributed by atoms with E-state index in [-0.39, 0.29) is 12.2 Å². The minimum atomic E-state index is -0.506. The minimum absolute atomic E-state index is 0.225. The molecule has 0 unspecified atom stereocenters. The summed E-state index contributed by atoms with van der Waals surface area (Å²) < 4.78 is 9.38. The van der Waals surface area contributed by atoms with Crippen LogP contribution in [0.1, 0.15) is 20.3 Å². The Kier molecular flexibility index (Phi) is 6.59. The predicted octanol–water partition coefficient (Wildman–Crippen LogP) is 1.06. The quantitative estimate of drug-likeness (QED) is 0.269. The molecule has 0 aliphatic heterocycles. The highest BCUT2D eigenvalue weighted by atomic mass is 16.5. The first-order valence-electron chi connectivity index (χ1n) is 4.17. The third-order valence-electron chi connectivity index (χ3n) is 1.14. The van der Waals surface area contributed by atoms with Gasteiger partial charge in [-0.3, -0.25) is 9.59 Å². The van der Waals surface area contributed by atoms with Crippen molar-refractivity contribution < 1.29 is 19.1 Å². The van der Waals surface area contributed by atoms with Gasteiger partial charge in [-0.15, -0.1) is 0 Å². The van der Waals surface area contributed by atoms with Crippen molar-refractivity contribution in [2.45, 2.75) is 20.3 Å². The summed E-state index contributed by atoms with van der Waals surface area (Å²) in [7, 11) is 0. The van der Waals surface area contributed by atoms with E-state index in [1.807, 2.05) is 0 Å². The molecule has 0 aromatic rings. The van der Waals surface area contributed by atoms with Crippen molar-refractivity contribution in [2.24, 2.45) is 0 Å². The first kappa shape index (κ1) is 11.7. The van der Waals surface area contributed by atoms with Crippen LogP contribution in [0.25, 0.3) is 0 Å². The van der Waals surface area contributed by atoms with E-state index in [9.17, 15) is 9.59 Å². The van der Waals surface area contributed by atoms with Crippen LogP contribution in [0.5, 0.6) is 0 Å².